The van der Waals surface area contributed by atoms with Gasteiger partial charge in [-0.1, -0.05) is 12.1 Å². The molecule has 0 bridgehead atoms. The number of nitrogens with one attached hydrogen (secondary N) is 2. The quantitative estimate of drug-likeness (QED) is 0.464. The van der Waals surface area contributed by atoms with Crippen LogP contribution in [-0.2, 0) is 4.79 Å². The van der Waals surface area contributed by atoms with Crippen LogP contribution in [0.1, 0.15) is 15.9 Å². The zero-order chi connectivity index (χ0) is 20.5. The van der Waals surface area contributed by atoms with Crippen molar-refractivity contribution >= 4 is 18.0 Å². The van der Waals surface area contributed by atoms with E-state index in [2.05, 4.69) is 15.8 Å². The molecule has 0 aliphatic rings. The van der Waals surface area contributed by atoms with E-state index in [0.29, 0.717) is 22.8 Å². The second-order valence-corrected chi connectivity index (χ2v) is 5.48. The summed E-state index contributed by atoms with van der Waals surface area (Å²) >= 11 is 0. The fourth-order valence-corrected chi connectivity index (χ4v) is 2.30. The van der Waals surface area contributed by atoms with Crippen molar-refractivity contribution in [2.75, 3.05) is 27.9 Å². The molecule has 0 atom stereocenters. The van der Waals surface area contributed by atoms with E-state index in [4.69, 9.17) is 14.2 Å². The van der Waals surface area contributed by atoms with Crippen LogP contribution in [0.25, 0.3) is 0 Å². The standard InChI is InChI=1S/C19H21N3O6/c1-26-15-8-13(9-16(27-2)18(15)28-3)19(25)20-11-17(24)22-21-10-12-5-4-6-14(23)7-12/h4-10,23H,11H2,1-3H3,(H,20,25)(H,22,24)/b21-10-. The number of carbonyl (C=O) groups excluding carboxylic acids is 2. The average molecular weight is 387 g/mol. The van der Waals surface area contributed by atoms with E-state index in [1.54, 1.807) is 12.1 Å². The van der Waals surface area contributed by atoms with Crippen molar-refractivity contribution in [3.8, 4) is 23.0 Å². The van der Waals surface area contributed by atoms with E-state index in [0.717, 1.165) is 0 Å². The van der Waals surface area contributed by atoms with Crippen molar-refractivity contribution in [1.82, 2.24) is 10.7 Å². The third kappa shape index (κ3) is 5.37. The Labute approximate surface area is 161 Å². The Bertz CT molecular complexity index is 857. The van der Waals surface area contributed by atoms with Gasteiger partial charge in [-0.05, 0) is 29.8 Å². The molecule has 0 aliphatic heterocycles. The third-order valence-electron chi connectivity index (χ3n) is 3.61. The Morgan fingerprint density at radius 2 is 1.75 bits per heavy atom. The minimum absolute atomic E-state index is 0.0906. The van der Waals surface area contributed by atoms with Gasteiger partial charge in [0, 0.05) is 5.56 Å². The maximum absolute atomic E-state index is 12.3. The lowest BCUT2D eigenvalue weighted by Gasteiger charge is -2.14. The summed E-state index contributed by atoms with van der Waals surface area (Å²) in [7, 11) is 4.34. The van der Waals surface area contributed by atoms with Crippen LogP contribution in [0.5, 0.6) is 23.0 Å². The molecule has 2 amide bonds. The number of phenols is 1. The summed E-state index contributed by atoms with van der Waals surface area (Å²) in [4.78, 5) is 24.1. The van der Waals surface area contributed by atoms with Crippen LogP contribution in [0.3, 0.4) is 0 Å². The minimum Gasteiger partial charge on any atom is -0.508 e. The molecule has 148 valence electrons. The van der Waals surface area contributed by atoms with Crippen LogP contribution >= 0.6 is 0 Å². The molecule has 9 heteroatoms. The molecule has 0 saturated carbocycles. The van der Waals surface area contributed by atoms with E-state index >= 15 is 0 Å². The zero-order valence-corrected chi connectivity index (χ0v) is 15.7. The Morgan fingerprint density at radius 1 is 1.07 bits per heavy atom. The summed E-state index contributed by atoms with van der Waals surface area (Å²) in [5.74, 6) is 0.0938. The first-order valence-corrected chi connectivity index (χ1v) is 8.17. The van der Waals surface area contributed by atoms with Gasteiger partial charge >= 0.3 is 0 Å². The maximum Gasteiger partial charge on any atom is 0.259 e. The van der Waals surface area contributed by atoms with E-state index in [1.165, 1.54) is 51.8 Å². The molecule has 2 aromatic rings. The van der Waals surface area contributed by atoms with Gasteiger partial charge in [0.25, 0.3) is 11.8 Å². The van der Waals surface area contributed by atoms with Crippen molar-refractivity contribution in [1.29, 1.82) is 0 Å². The summed E-state index contributed by atoms with van der Waals surface area (Å²) in [6, 6.07) is 9.33. The molecular formula is C19H21N3O6. The van der Waals surface area contributed by atoms with Crippen LogP contribution in [0.15, 0.2) is 41.5 Å². The van der Waals surface area contributed by atoms with Crippen molar-refractivity contribution < 1.29 is 28.9 Å². The first kappa shape index (κ1) is 20.6. The summed E-state index contributed by atoms with van der Waals surface area (Å²) < 4.78 is 15.6. The number of methoxy groups -OCH3 is 3. The van der Waals surface area contributed by atoms with E-state index in [1.807, 2.05) is 0 Å². The van der Waals surface area contributed by atoms with Gasteiger partial charge in [-0.3, -0.25) is 9.59 Å². The fourth-order valence-electron chi connectivity index (χ4n) is 2.30. The smallest absolute Gasteiger partial charge is 0.259 e. The summed E-state index contributed by atoms with van der Waals surface area (Å²) in [5.41, 5.74) is 3.14. The van der Waals surface area contributed by atoms with Crippen molar-refractivity contribution in [3.05, 3.63) is 47.5 Å². The fraction of sp³-hybridized carbons (Fsp3) is 0.211. The van der Waals surface area contributed by atoms with E-state index in [-0.39, 0.29) is 17.9 Å². The molecule has 0 spiro atoms. The Morgan fingerprint density at radius 3 is 2.32 bits per heavy atom. The first-order chi connectivity index (χ1) is 13.5. The lowest BCUT2D eigenvalue weighted by molar-refractivity contribution is -0.120. The predicted octanol–water partition coefficient (Wildman–Crippen LogP) is 1.30. The number of rotatable bonds is 8. The number of hydrogen-bond acceptors (Lipinski definition) is 7. The number of ether oxygens (including phenoxy) is 3. The molecule has 0 aromatic heterocycles. The molecular weight excluding hydrogens is 366 g/mol. The summed E-state index contributed by atoms with van der Waals surface area (Å²) in [6.07, 6.45) is 1.37. The first-order valence-electron chi connectivity index (χ1n) is 8.17. The molecule has 28 heavy (non-hydrogen) atoms. The van der Waals surface area contributed by atoms with Gasteiger partial charge in [0.05, 0.1) is 34.1 Å². The van der Waals surface area contributed by atoms with E-state index in [9.17, 15) is 14.7 Å². The lowest BCUT2D eigenvalue weighted by Crippen LogP contribution is -2.34. The Balaban J connectivity index is 1.95. The number of carbonyl (C=O) groups is 2. The normalized spacial score (nSPS) is 10.4. The van der Waals surface area contributed by atoms with Crippen LogP contribution in [0.4, 0.5) is 0 Å². The van der Waals surface area contributed by atoms with Gasteiger partial charge in [-0.25, -0.2) is 5.43 Å². The SMILES string of the molecule is COc1cc(C(=O)NCC(=O)N/N=C\c2cccc(O)c2)cc(OC)c1OC. The van der Waals surface area contributed by atoms with Crippen LogP contribution in [0, 0.1) is 0 Å². The highest BCUT2D eigenvalue weighted by molar-refractivity contribution is 5.97. The van der Waals surface area contributed by atoms with Gasteiger partial charge in [0.2, 0.25) is 5.75 Å². The van der Waals surface area contributed by atoms with Crippen molar-refractivity contribution in [2.24, 2.45) is 5.10 Å². The van der Waals surface area contributed by atoms with Gasteiger partial charge in [-0.2, -0.15) is 5.10 Å². The minimum atomic E-state index is -0.516. The monoisotopic (exact) mass is 387 g/mol. The van der Waals surface area contributed by atoms with Gasteiger partial charge in [0.15, 0.2) is 11.5 Å². The second kappa shape index (κ2) is 9.81. The molecule has 9 nitrogen and oxygen atoms in total. The Hall–Kier alpha value is -3.75. The third-order valence-corrected chi connectivity index (χ3v) is 3.61. The predicted molar refractivity (Wildman–Crippen MR) is 102 cm³/mol. The average Bonchev–Trinajstić information content (AvgIpc) is 2.70. The highest BCUT2D eigenvalue weighted by atomic mass is 16.5. The lowest BCUT2D eigenvalue weighted by atomic mass is 10.1. The van der Waals surface area contributed by atoms with Crippen LogP contribution < -0.4 is 25.0 Å². The van der Waals surface area contributed by atoms with Crippen molar-refractivity contribution in [2.45, 2.75) is 0 Å². The number of benzene rings is 2. The molecule has 0 heterocycles. The second-order valence-electron chi connectivity index (χ2n) is 5.48. The molecule has 0 saturated heterocycles. The highest BCUT2D eigenvalue weighted by Gasteiger charge is 2.17. The van der Waals surface area contributed by atoms with Gasteiger partial charge in [0.1, 0.15) is 5.75 Å². The molecule has 0 unspecified atom stereocenters. The molecule has 0 fully saturated rings. The summed E-state index contributed by atoms with van der Waals surface area (Å²) in [5, 5.41) is 15.6. The number of aromatic hydroxyl groups is 1. The number of hydrazone groups is 1. The van der Waals surface area contributed by atoms with Gasteiger partial charge in [-0.15, -0.1) is 0 Å². The molecule has 2 aromatic carbocycles. The molecule has 0 aliphatic carbocycles. The Kier molecular flexibility index (Phi) is 7.21. The number of hydrogen-bond donors (Lipinski definition) is 3. The molecule has 0 radical (unpaired) electrons. The highest BCUT2D eigenvalue weighted by Crippen LogP contribution is 2.38. The summed E-state index contributed by atoms with van der Waals surface area (Å²) in [6.45, 7) is -0.285. The zero-order valence-electron chi connectivity index (χ0n) is 15.7. The molecule has 3 N–H and O–H groups in total. The van der Waals surface area contributed by atoms with E-state index < -0.39 is 11.8 Å². The van der Waals surface area contributed by atoms with Gasteiger partial charge < -0.3 is 24.6 Å². The van der Waals surface area contributed by atoms with Crippen LogP contribution in [-0.4, -0.2) is 51.0 Å². The molecule has 2 rings (SSSR count). The maximum atomic E-state index is 12.3. The number of phenolic OH excluding ortho intramolecular Hbond substituents is 1. The largest absolute Gasteiger partial charge is 0.508 e. The van der Waals surface area contributed by atoms with Crippen molar-refractivity contribution in [3.63, 3.8) is 0 Å². The number of amides is 2. The van der Waals surface area contributed by atoms with Crippen LogP contribution in [0.2, 0.25) is 0 Å². The number of nitrogens with zero attached hydrogens (tertiary/aromatic N) is 1. The topological polar surface area (TPSA) is 118 Å².